The van der Waals surface area contributed by atoms with Crippen LogP contribution in [0, 0.1) is 5.92 Å². The van der Waals surface area contributed by atoms with E-state index in [-0.39, 0.29) is 18.0 Å². The van der Waals surface area contributed by atoms with E-state index in [1.54, 1.807) is 0 Å². The van der Waals surface area contributed by atoms with Crippen LogP contribution in [0.1, 0.15) is 36.7 Å². The molecule has 0 bridgehead atoms. The first kappa shape index (κ1) is 15.7. The number of aromatic nitrogens is 2. The van der Waals surface area contributed by atoms with Gasteiger partial charge in [-0.05, 0) is 18.8 Å². The second-order valence-corrected chi connectivity index (χ2v) is 4.58. The maximum absolute atomic E-state index is 11.7. The fraction of sp³-hybridized carbons (Fsp3) is 0.500. The number of carboxylic acids is 1. The fourth-order valence-corrected chi connectivity index (χ4v) is 1.63. The third kappa shape index (κ3) is 5.51. The molecule has 0 spiro atoms. The average Bonchev–Trinajstić information content (AvgIpc) is 2.35. The van der Waals surface area contributed by atoms with Gasteiger partial charge in [0.05, 0.1) is 0 Å². The normalized spacial score (nSPS) is 11.8. The highest BCUT2D eigenvalue weighted by atomic mass is 16.4. The van der Waals surface area contributed by atoms with Crippen LogP contribution >= 0.6 is 0 Å². The van der Waals surface area contributed by atoms with E-state index in [1.165, 1.54) is 0 Å². The van der Waals surface area contributed by atoms with Gasteiger partial charge in [-0.1, -0.05) is 6.92 Å². The van der Waals surface area contributed by atoms with Crippen molar-refractivity contribution in [2.24, 2.45) is 5.92 Å². The highest BCUT2D eigenvalue weighted by Gasteiger charge is 2.09. The van der Waals surface area contributed by atoms with E-state index in [9.17, 15) is 19.2 Å². The lowest BCUT2D eigenvalue weighted by molar-refractivity contribution is -0.137. The number of carboxylic acid groups (broad SMARTS) is 1. The van der Waals surface area contributed by atoms with Crippen molar-refractivity contribution in [1.82, 2.24) is 15.3 Å². The number of amides is 1. The number of hydrogen-bond acceptors (Lipinski definition) is 4. The van der Waals surface area contributed by atoms with Crippen molar-refractivity contribution >= 4 is 11.9 Å². The Kier molecular flexibility index (Phi) is 5.70. The lowest BCUT2D eigenvalue weighted by atomic mass is 10.0. The van der Waals surface area contributed by atoms with Gasteiger partial charge in [0.1, 0.15) is 5.69 Å². The van der Waals surface area contributed by atoms with E-state index in [4.69, 9.17) is 5.11 Å². The van der Waals surface area contributed by atoms with Gasteiger partial charge < -0.3 is 15.4 Å². The summed E-state index contributed by atoms with van der Waals surface area (Å²) in [5, 5.41) is 11.1. The Labute approximate surface area is 114 Å². The molecule has 0 saturated heterocycles. The van der Waals surface area contributed by atoms with E-state index in [1.807, 2.05) is 11.9 Å². The standard InChI is InChI=1S/C12H17N3O5/c1-7(2-3-10(17)18)4-5-13-11(19)8-6-9(16)15-12(20)14-8/h6-7H,2-5H2,1H3,(H,13,19)(H,17,18)(H2,14,15,16,20). The molecule has 0 aliphatic heterocycles. The number of nitrogens with one attached hydrogen (secondary N) is 3. The molecule has 0 aliphatic rings. The number of rotatable bonds is 7. The van der Waals surface area contributed by atoms with Crippen LogP contribution in [0.5, 0.6) is 0 Å². The zero-order valence-corrected chi connectivity index (χ0v) is 11.1. The third-order valence-corrected chi connectivity index (χ3v) is 2.78. The maximum atomic E-state index is 11.7. The van der Waals surface area contributed by atoms with Gasteiger partial charge >= 0.3 is 11.7 Å². The predicted octanol–water partition coefficient (Wildman–Crippen LogP) is -0.316. The molecule has 0 saturated carbocycles. The van der Waals surface area contributed by atoms with Crippen molar-refractivity contribution in [3.63, 3.8) is 0 Å². The van der Waals surface area contributed by atoms with Crippen LogP contribution in [-0.2, 0) is 4.79 Å². The minimum absolute atomic E-state index is 0.0937. The number of aliphatic carboxylic acids is 1. The molecule has 1 rings (SSSR count). The molecule has 1 aromatic heterocycles. The Morgan fingerprint density at radius 1 is 1.30 bits per heavy atom. The summed E-state index contributed by atoms with van der Waals surface area (Å²) in [5.41, 5.74) is -1.48. The highest BCUT2D eigenvalue weighted by Crippen LogP contribution is 2.09. The minimum Gasteiger partial charge on any atom is -0.481 e. The Bertz CT molecular complexity index is 561. The maximum Gasteiger partial charge on any atom is 0.326 e. The van der Waals surface area contributed by atoms with E-state index in [2.05, 4.69) is 10.3 Å². The quantitative estimate of drug-likeness (QED) is 0.544. The summed E-state index contributed by atoms with van der Waals surface area (Å²) in [6, 6.07) is 1.00. The second-order valence-electron chi connectivity index (χ2n) is 4.58. The first-order valence-corrected chi connectivity index (χ1v) is 6.22. The molecule has 1 aromatic rings. The molecule has 20 heavy (non-hydrogen) atoms. The van der Waals surface area contributed by atoms with E-state index < -0.39 is 23.1 Å². The van der Waals surface area contributed by atoms with E-state index in [0.29, 0.717) is 19.4 Å². The average molecular weight is 283 g/mol. The van der Waals surface area contributed by atoms with Gasteiger partial charge in [0, 0.05) is 19.0 Å². The van der Waals surface area contributed by atoms with Gasteiger partial charge in [0.15, 0.2) is 0 Å². The monoisotopic (exact) mass is 283 g/mol. The molecule has 0 fully saturated rings. The zero-order valence-electron chi connectivity index (χ0n) is 11.1. The van der Waals surface area contributed by atoms with Crippen LogP contribution in [0.15, 0.2) is 15.7 Å². The van der Waals surface area contributed by atoms with Gasteiger partial charge in [-0.2, -0.15) is 0 Å². The van der Waals surface area contributed by atoms with E-state index in [0.717, 1.165) is 6.07 Å². The number of aromatic amines is 2. The molecule has 1 heterocycles. The van der Waals surface area contributed by atoms with Crippen molar-refractivity contribution in [2.75, 3.05) is 6.54 Å². The van der Waals surface area contributed by atoms with Crippen molar-refractivity contribution in [3.8, 4) is 0 Å². The summed E-state index contributed by atoms with van der Waals surface area (Å²) in [5.74, 6) is -1.23. The number of H-pyrrole nitrogens is 2. The molecule has 110 valence electrons. The third-order valence-electron chi connectivity index (χ3n) is 2.78. The van der Waals surface area contributed by atoms with Gasteiger partial charge in [-0.15, -0.1) is 0 Å². The molecule has 1 atom stereocenters. The predicted molar refractivity (Wildman–Crippen MR) is 70.7 cm³/mol. The smallest absolute Gasteiger partial charge is 0.326 e. The number of carbonyl (C=O) groups is 2. The first-order valence-electron chi connectivity index (χ1n) is 6.22. The lowest BCUT2D eigenvalue weighted by Crippen LogP contribution is -2.31. The summed E-state index contributed by atoms with van der Waals surface area (Å²) in [6.07, 6.45) is 1.25. The zero-order chi connectivity index (χ0) is 15.1. The van der Waals surface area contributed by atoms with Crippen LogP contribution in [0.25, 0.3) is 0 Å². The Hall–Kier alpha value is -2.38. The Morgan fingerprint density at radius 3 is 2.60 bits per heavy atom. The summed E-state index contributed by atoms with van der Waals surface area (Å²) in [6.45, 7) is 2.23. The summed E-state index contributed by atoms with van der Waals surface area (Å²) in [4.78, 5) is 48.3. The topological polar surface area (TPSA) is 132 Å². The summed E-state index contributed by atoms with van der Waals surface area (Å²) >= 11 is 0. The molecule has 1 amide bonds. The fourth-order valence-electron chi connectivity index (χ4n) is 1.63. The molecular formula is C12H17N3O5. The largest absolute Gasteiger partial charge is 0.481 e. The van der Waals surface area contributed by atoms with Crippen LogP contribution in [0.3, 0.4) is 0 Å². The van der Waals surface area contributed by atoms with Crippen LogP contribution in [0.2, 0.25) is 0 Å². The van der Waals surface area contributed by atoms with Crippen molar-refractivity contribution in [2.45, 2.75) is 26.2 Å². The van der Waals surface area contributed by atoms with Gasteiger partial charge in [-0.25, -0.2) is 4.79 Å². The molecule has 8 nitrogen and oxygen atoms in total. The molecule has 4 N–H and O–H groups in total. The SMILES string of the molecule is CC(CCNC(=O)c1cc(=O)[nH]c(=O)[nH]1)CCC(=O)O. The van der Waals surface area contributed by atoms with Crippen LogP contribution < -0.4 is 16.6 Å². The van der Waals surface area contributed by atoms with Crippen LogP contribution in [-0.4, -0.2) is 33.5 Å². The first-order chi connectivity index (χ1) is 9.38. The molecular weight excluding hydrogens is 266 g/mol. The summed E-state index contributed by atoms with van der Waals surface area (Å²) < 4.78 is 0. The molecule has 8 heteroatoms. The summed E-state index contributed by atoms with van der Waals surface area (Å²) in [7, 11) is 0. The van der Waals surface area contributed by atoms with Crippen molar-refractivity contribution in [1.29, 1.82) is 0 Å². The van der Waals surface area contributed by atoms with Gasteiger partial charge in [0.2, 0.25) is 0 Å². The number of carbonyl (C=O) groups excluding carboxylic acids is 1. The van der Waals surface area contributed by atoms with Gasteiger partial charge in [-0.3, -0.25) is 19.4 Å². The van der Waals surface area contributed by atoms with Crippen molar-refractivity contribution < 1.29 is 14.7 Å². The van der Waals surface area contributed by atoms with Crippen molar-refractivity contribution in [3.05, 3.63) is 32.6 Å². The highest BCUT2D eigenvalue weighted by molar-refractivity contribution is 5.91. The second kappa shape index (κ2) is 7.27. The molecule has 0 aliphatic carbocycles. The number of hydrogen-bond donors (Lipinski definition) is 4. The van der Waals surface area contributed by atoms with Gasteiger partial charge in [0.25, 0.3) is 11.5 Å². The van der Waals surface area contributed by atoms with E-state index >= 15 is 0 Å². The van der Waals surface area contributed by atoms with Crippen LogP contribution in [0.4, 0.5) is 0 Å². The Balaban J connectivity index is 2.42. The molecule has 0 radical (unpaired) electrons. The molecule has 1 unspecified atom stereocenters. The lowest BCUT2D eigenvalue weighted by Gasteiger charge is -2.10. The molecule has 0 aromatic carbocycles. The Morgan fingerprint density at radius 2 is 2.00 bits per heavy atom. The minimum atomic E-state index is -0.845.